The second kappa shape index (κ2) is 5.24. The lowest BCUT2D eigenvalue weighted by Crippen LogP contribution is -2.22. The van der Waals surface area contributed by atoms with Gasteiger partial charge in [-0.15, -0.1) is 5.10 Å². The van der Waals surface area contributed by atoms with Crippen LogP contribution in [0.5, 0.6) is 0 Å². The number of hydrogen-bond donors (Lipinski definition) is 2. The molecule has 0 aromatic carbocycles. The summed E-state index contributed by atoms with van der Waals surface area (Å²) >= 11 is 1.69. The monoisotopic (exact) mass is 200 g/mol. The number of aromatic amines is 1. The summed E-state index contributed by atoms with van der Waals surface area (Å²) in [6.45, 7) is 8.19. The Labute approximate surface area is 82.9 Å². The molecule has 1 unspecified atom stereocenters. The molecular formula is C8H16N4S. The van der Waals surface area contributed by atoms with Crippen LogP contribution >= 0.6 is 11.8 Å². The zero-order valence-electron chi connectivity index (χ0n) is 8.29. The molecule has 0 bridgehead atoms. The van der Waals surface area contributed by atoms with Gasteiger partial charge in [-0.25, -0.2) is 4.98 Å². The van der Waals surface area contributed by atoms with Crippen molar-refractivity contribution in [3.63, 3.8) is 0 Å². The molecule has 0 fully saturated rings. The highest BCUT2D eigenvalue weighted by atomic mass is 32.2. The fourth-order valence-electron chi connectivity index (χ4n) is 0.944. The number of aromatic nitrogens is 3. The van der Waals surface area contributed by atoms with Crippen LogP contribution in [0.3, 0.4) is 0 Å². The second-order valence-electron chi connectivity index (χ2n) is 2.94. The molecule has 74 valence electrons. The predicted molar refractivity (Wildman–Crippen MR) is 55.0 cm³/mol. The number of hydrogen-bond acceptors (Lipinski definition) is 4. The molecule has 1 atom stereocenters. The van der Waals surface area contributed by atoms with Crippen molar-refractivity contribution in [2.75, 3.05) is 13.1 Å². The summed E-state index contributed by atoms with van der Waals surface area (Å²) in [7, 11) is 0. The Balaban J connectivity index is 2.31. The van der Waals surface area contributed by atoms with Gasteiger partial charge < -0.3 is 5.32 Å². The third-order valence-electron chi connectivity index (χ3n) is 1.57. The normalized spacial score (nSPS) is 13.2. The molecule has 0 aliphatic heterocycles. The Bertz CT molecular complexity index is 248. The van der Waals surface area contributed by atoms with E-state index in [1.807, 2.05) is 6.92 Å². The Morgan fingerprint density at radius 3 is 2.92 bits per heavy atom. The van der Waals surface area contributed by atoms with Crippen molar-refractivity contribution >= 4 is 11.8 Å². The second-order valence-corrected chi connectivity index (χ2v) is 4.35. The van der Waals surface area contributed by atoms with Crippen LogP contribution < -0.4 is 5.32 Å². The largest absolute Gasteiger partial charge is 0.316 e. The van der Waals surface area contributed by atoms with Gasteiger partial charge in [-0.05, 0) is 13.5 Å². The maximum Gasteiger partial charge on any atom is 0.208 e. The van der Waals surface area contributed by atoms with Crippen molar-refractivity contribution in [1.29, 1.82) is 0 Å². The Morgan fingerprint density at radius 1 is 1.62 bits per heavy atom. The van der Waals surface area contributed by atoms with Crippen LogP contribution in [-0.2, 0) is 0 Å². The third kappa shape index (κ3) is 3.78. The lowest BCUT2D eigenvalue weighted by atomic mass is 10.5. The summed E-state index contributed by atoms with van der Waals surface area (Å²) in [4.78, 5) is 4.23. The van der Waals surface area contributed by atoms with Gasteiger partial charge in [-0.3, -0.25) is 5.10 Å². The van der Waals surface area contributed by atoms with E-state index in [-0.39, 0.29) is 0 Å². The first-order chi connectivity index (χ1) is 6.22. The number of nitrogens with zero attached hydrogens (tertiary/aromatic N) is 2. The summed E-state index contributed by atoms with van der Waals surface area (Å²) < 4.78 is 0. The number of H-pyrrole nitrogens is 1. The molecule has 0 aliphatic rings. The van der Waals surface area contributed by atoms with Gasteiger partial charge in [0, 0.05) is 11.8 Å². The van der Waals surface area contributed by atoms with E-state index in [4.69, 9.17) is 0 Å². The van der Waals surface area contributed by atoms with E-state index in [1.54, 1.807) is 11.8 Å². The molecule has 0 radical (unpaired) electrons. The first-order valence-corrected chi connectivity index (χ1v) is 5.36. The van der Waals surface area contributed by atoms with Crippen LogP contribution in [0, 0.1) is 6.92 Å². The van der Waals surface area contributed by atoms with Gasteiger partial charge in [0.2, 0.25) is 5.16 Å². The lowest BCUT2D eigenvalue weighted by Gasteiger charge is -2.07. The average molecular weight is 200 g/mol. The molecule has 1 heterocycles. The highest BCUT2D eigenvalue weighted by Gasteiger charge is 2.06. The van der Waals surface area contributed by atoms with Crippen LogP contribution in [0.2, 0.25) is 0 Å². The Morgan fingerprint density at radius 2 is 2.38 bits per heavy atom. The van der Waals surface area contributed by atoms with E-state index in [2.05, 4.69) is 34.3 Å². The predicted octanol–water partition coefficient (Wildman–Crippen LogP) is 1.20. The van der Waals surface area contributed by atoms with E-state index in [0.29, 0.717) is 5.25 Å². The molecule has 0 saturated carbocycles. The van der Waals surface area contributed by atoms with E-state index in [9.17, 15) is 0 Å². The molecule has 13 heavy (non-hydrogen) atoms. The van der Waals surface area contributed by atoms with Gasteiger partial charge in [0.15, 0.2) is 0 Å². The number of rotatable bonds is 5. The van der Waals surface area contributed by atoms with E-state index in [1.165, 1.54) is 0 Å². The van der Waals surface area contributed by atoms with Crippen molar-refractivity contribution in [2.24, 2.45) is 0 Å². The maximum absolute atomic E-state index is 4.23. The van der Waals surface area contributed by atoms with E-state index < -0.39 is 0 Å². The van der Waals surface area contributed by atoms with Crippen LogP contribution in [0.15, 0.2) is 5.16 Å². The minimum absolute atomic E-state index is 0.509. The number of aryl methyl sites for hydroxylation is 1. The summed E-state index contributed by atoms with van der Waals surface area (Å²) in [5.74, 6) is 0.873. The third-order valence-corrected chi connectivity index (χ3v) is 2.53. The summed E-state index contributed by atoms with van der Waals surface area (Å²) in [5.41, 5.74) is 0. The summed E-state index contributed by atoms with van der Waals surface area (Å²) in [6.07, 6.45) is 0. The molecule has 5 heteroatoms. The Kier molecular flexibility index (Phi) is 4.24. The molecule has 0 saturated heterocycles. The maximum atomic E-state index is 4.23. The fraction of sp³-hybridized carbons (Fsp3) is 0.750. The van der Waals surface area contributed by atoms with Gasteiger partial charge >= 0.3 is 0 Å². The zero-order valence-corrected chi connectivity index (χ0v) is 9.11. The van der Waals surface area contributed by atoms with Crippen LogP contribution in [-0.4, -0.2) is 33.5 Å². The lowest BCUT2D eigenvalue weighted by molar-refractivity contribution is 0.711. The van der Waals surface area contributed by atoms with Gasteiger partial charge in [0.1, 0.15) is 5.82 Å². The SMILES string of the molecule is CCNCC(C)Sc1n[nH]c(C)n1. The Hall–Kier alpha value is -0.550. The molecule has 0 amide bonds. The molecule has 1 aromatic heterocycles. The molecule has 4 nitrogen and oxygen atoms in total. The van der Waals surface area contributed by atoms with Gasteiger partial charge in [0.25, 0.3) is 0 Å². The van der Waals surface area contributed by atoms with Crippen molar-refractivity contribution in [3.8, 4) is 0 Å². The minimum Gasteiger partial charge on any atom is -0.316 e. The molecule has 2 N–H and O–H groups in total. The summed E-state index contributed by atoms with van der Waals surface area (Å²) in [6, 6.07) is 0. The highest BCUT2D eigenvalue weighted by molar-refractivity contribution is 7.99. The highest BCUT2D eigenvalue weighted by Crippen LogP contribution is 2.17. The topological polar surface area (TPSA) is 53.6 Å². The van der Waals surface area contributed by atoms with Crippen LogP contribution in [0.25, 0.3) is 0 Å². The van der Waals surface area contributed by atoms with Gasteiger partial charge in [0.05, 0.1) is 0 Å². The van der Waals surface area contributed by atoms with E-state index >= 15 is 0 Å². The van der Waals surface area contributed by atoms with Gasteiger partial charge in [-0.1, -0.05) is 25.6 Å². The molecule has 1 aromatic rings. The van der Waals surface area contributed by atoms with Gasteiger partial charge in [-0.2, -0.15) is 0 Å². The zero-order chi connectivity index (χ0) is 9.68. The number of thioether (sulfide) groups is 1. The molecular weight excluding hydrogens is 184 g/mol. The molecule has 0 spiro atoms. The van der Waals surface area contributed by atoms with Crippen molar-refractivity contribution in [1.82, 2.24) is 20.5 Å². The first-order valence-electron chi connectivity index (χ1n) is 4.48. The van der Waals surface area contributed by atoms with Crippen LogP contribution in [0.1, 0.15) is 19.7 Å². The van der Waals surface area contributed by atoms with Crippen molar-refractivity contribution < 1.29 is 0 Å². The number of nitrogens with one attached hydrogen (secondary N) is 2. The van der Waals surface area contributed by atoms with Crippen molar-refractivity contribution in [3.05, 3.63) is 5.82 Å². The summed E-state index contributed by atoms with van der Waals surface area (Å²) in [5, 5.41) is 11.5. The van der Waals surface area contributed by atoms with Crippen LogP contribution in [0.4, 0.5) is 0 Å². The average Bonchev–Trinajstić information content (AvgIpc) is 2.48. The molecule has 1 rings (SSSR count). The van der Waals surface area contributed by atoms with E-state index in [0.717, 1.165) is 24.1 Å². The minimum atomic E-state index is 0.509. The standard InChI is InChI=1S/C8H16N4S/c1-4-9-5-6(2)13-8-10-7(3)11-12-8/h6,9H,4-5H2,1-3H3,(H,10,11,12). The fourth-order valence-corrected chi connectivity index (χ4v) is 1.79. The van der Waals surface area contributed by atoms with Crippen molar-refractivity contribution in [2.45, 2.75) is 31.2 Å². The smallest absolute Gasteiger partial charge is 0.208 e. The first kappa shape index (κ1) is 10.5. The quantitative estimate of drug-likeness (QED) is 0.701. The molecule has 0 aliphatic carbocycles.